The van der Waals surface area contributed by atoms with Crippen LogP contribution < -0.4 is 4.90 Å². The molecule has 0 atom stereocenters. The Morgan fingerprint density at radius 3 is 2.49 bits per heavy atom. The maximum Gasteiger partial charge on any atom is 0.401 e. The molecule has 5 heterocycles. The number of fused-ring (bicyclic) bond motifs is 2. The third-order valence-corrected chi connectivity index (χ3v) is 7.94. The van der Waals surface area contributed by atoms with Crippen molar-refractivity contribution in [2.75, 3.05) is 63.9 Å². The molecule has 0 unspecified atom stereocenters. The lowest BCUT2D eigenvalue weighted by Gasteiger charge is -2.34. The molecule has 3 aromatic heterocycles. The summed E-state index contributed by atoms with van der Waals surface area (Å²) in [6.07, 6.45) is -2.40. The van der Waals surface area contributed by atoms with Gasteiger partial charge in [0, 0.05) is 73.4 Å². The number of nitrogens with zero attached hydrogens (tertiary/aromatic N) is 5. The first-order valence-electron chi connectivity index (χ1n) is 12.2. The van der Waals surface area contributed by atoms with Crippen LogP contribution in [-0.4, -0.2) is 90.0 Å². The highest BCUT2D eigenvalue weighted by Gasteiger charge is 2.32. The molecule has 37 heavy (non-hydrogen) atoms. The minimum atomic E-state index is -4.17. The smallest absolute Gasteiger partial charge is 0.378 e. The number of morpholine rings is 1. The fourth-order valence-electron chi connectivity index (χ4n) is 5.05. The fourth-order valence-corrected chi connectivity index (χ4v) is 6.20. The Labute approximate surface area is 214 Å². The maximum atomic E-state index is 14.4. The zero-order valence-corrected chi connectivity index (χ0v) is 20.8. The molecule has 6 rings (SSSR count). The van der Waals surface area contributed by atoms with Gasteiger partial charge in [0.25, 0.3) is 0 Å². The molecule has 12 heteroatoms. The first-order chi connectivity index (χ1) is 17.8. The van der Waals surface area contributed by atoms with E-state index in [-0.39, 0.29) is 5.82 Å². The predicted molar refractivity (Wildman–Crippen MR) is 135 cm³/mol. The molecule has 0 bridgehead atoms. The van der Waals surface area contributed by atoms with Gasteiger partial charge in [-0.25, -0.2) is 14.4 Å². The van der Waals surface area contributed by atoms with Crippen LogP contribution >= 0.6 is 11.3 Å². The number of anilines is 1. The molecule has 2 saturated heterocycles. The van der Waals surface area contributed by atoms with Gasteiger partial charge in [0.15, 0.2) is 11.6 Å². The molecule has 1 N–H and O–H groups in total. The average Bonchev–Trinajstić information content (AvgIpc) is 3.50. The Balaban J connectivity index is 1.32. The van der Waals surface area contributed by atoms with Crippen LogP contribution in [0, 0.1) is 5.82 Å². The first kappa shape index (κ1) is 24.5. The minimum Gasteiger partial charge on any atom is -0.378 e. The number of hydrogen-bond donors (Lipinski definition) is 1. The van der Waals surface area contributed by atoms with E-state index in [2.05, 4.69) is 14.8 Å². The Kier molecular flexibility index (Phi) is 6.51. The fraction of sp³-hybridized carbons (Fsp3) is 0.440. The summed E-state index contributed by atoms with van der Waals surface area (Å²) in [4.78, 5) is 19.7. The van der Waals surface area contributed by atoms with Crippen LogP contribution in [0.4, 0.5) is 23.4 Å². The third-order valence-electron chi connectivity index (χ3n) is 6.84. The number of thiophene rings is 1. The van der Waals surface area contributed by atoms with Gasteiger partial charge in [-0.3, -0.25) is 9.80 Å². The summed E-state index contributed by atoms with van der Waals surface area (Å²) in [5, 5.41) is 0.848. The van der Waals surface area contributed by atoms with Crippen molar-refractivity contribution in [3.05, 3.63) is 41.2 Å². The highest BCUT2D eigenvalue weighted by Crippen LogP contribution is 2.37. The average molecular weight is 535 g/mol. The number of aromatic amines is 1. The number of H-pyrrole nitrogens is 1. The summed E-state index contributed by atoms with van der Waals surface area (Å²) in [5.41, 5.74) is 2.10. The SMILES string of the molecule is Fc1cc(-c2nc(N3CCOCC3)c3sc(CN4CCN(CC(F)(F)F)CC4)cc3n2)c2cc[nH]c2c1. The Bertz CT molecular complexity index is 1410. The van der Waals surface area contributed by atoms with Crippen molar-refractivity contribution in [2.24, 2.45) is 0 Å². The molecule has 0 radical (unpaired) electrons. The van der Waals surface area contributed by atoms with Gasteiger partial charge in [0.05, 0.1) is 30.0 Å². The van der Waals surface area contributed by atoms with Crippen LogP contribution in [-0.2, 0) is 11.3 Å². The summed E-state index contributed by atoms with van der Waals surface area (Å²) in [5.74, 6) is 0.906. The molecule has 2 aliphatic rings. The van der Waals surface area contributed by atoms with Crippen LogP contribution in [0.3, 0.4) is 0 Å². The van der Waals surface area contributed by atoms with E-state index in [9.17, 15) is 17.6 Å². The minimum absolute atomic E-state index is 0.364. The van der Waals surface area contributed by atoms with E-state index in [1.807, 2.05) is 12.1 Å². The van der Waals surface area contributed by atoms with E-state index in [1.165, 1.54) is 17.0 Å². The molecular weight excluding hydrogens is 508 g/mol. The molecule has 0 aliphatic carbocycles. The number of piperazine rings is 1. The lowest BCUT2D eigenvalue weighted by atomic mass is 10.1. The first-order valence-corrected chi connectivity index (χ1v) is 13.1. The molecule has 0 saturated carbocycles. The second kappa shape index (κ2) is 9.82. The predicted octanol–water partition coefficient (Wildman–Crippen LogP) is 4.50. The van der Waals surface area contributed by atoms with Crippen molar-refractivity contribution in [3.63, 3.8) is 0 Å². The van der Waals surface area contributed by atoms with E-state index in [1.54, 1.807) is 17.5 Å². The van der Waals surface area contributed by atoms with Crippen LogP contribution in [0.15, 0.2) is 30.5 Å². The summed E-state index contributed by atoms with van der Waals surface area (Å²) >= 11 is 1.61. The molecule has 4 aromatic rings. The number of ether oxygens (including phenoxy) is 1. The van der Waals surface area contributed by atoms with Crippen molar-refractivity contribution in [2.45, 2.75) is 12.7 Å². The lowest BCUT2D eigenvalue weighted by molar-refractivity contribution is -0.149. The quantitative estimate of drug-likeness (QED) is 0.381. The molecule has 2 fully saturated rings. The highest BCUT2D eigenvalue weighted by molar-refractivity contribution is 7.19. The Morgan fingerprint density at radius 1 is 0.973 bits per heavy atom. The molecule has 1 aromatic carbocycles. The Morgan fingerprint density at radius 2 is 1.73 bits per heavy atom. The van der Waals surface area contributed by atoms with Crippen LogP contribution in [0.2, 0.25) is 0 Å². The van der Waals surface area contributed by atoms with E-state index >= 15 is 0 Å². The van der Waals surface area contributed by atoms with Gasteiger partial charge in [-0.15, -0.1) is 11.3 Å². The van der Waals surface area contributed by atoms with Gasteiger partial charge in [-0.2, -0.15) is 13.2 Å². The van der Waals surface area contributed by atoms with E-state index in [4.69, 9.17) is 14.7 Å². The molecule has 0 spiro atoms. The largest absolute Gasteiger partial charge is 0.401 e. The van der Waals surface area contributed by atoms with Gasteiger partial charge >= 0.3 is 6.18 Å². The zero-order valence-electron chi connectivity index (χ0n) is 20.0. The molecule has 7 nitrogen and oxygen atoms in total. The topological polar surface area (TPSA) is 60.5 Å². The number of aromatic nitrogens is 3. The number of halogens is 4. The second-order valence-electron chi connectivity index (χ2n) is 9.46. The second-order valence-corrected chi connectivity index (χ2v) is 10.6. The summed E-state index contributed by atoms with van der Waals surface area (Å²) in [6, 6.07) is 6.85. The van der Waals surface area contributed by atoms with Crippen molar-refractivity contribution in [1.82, 2.24) is 24.8 Å². The molecule has 2 aliphatic heterocycles. The molecule has 196 valence electrons. The monoisotopic (exact) mass is 534 g/mol. The van der Waals surface area contributed by atoms with Gasteiger partial charge in [-0.05, 0) is 24.3 Å². The van der Waals surface area contributed by atoms with E-state index in [0.29, 0.717) is 75.9 Å². The van der Waals surface area contributed by atoms with Crippen molar-refractivity contribution in [3.8, 4) is 11.4 Å². The number of alkyl halides is 3. The standard InChI is InChI=1S/C25H26F4N6OS/c26-16-11-19(18-1-2-30-20(18)12-16)23-31-21-13-17(14-33-3-5-34(6-4-33)15-25(27,28)29)37-22(21)24(32-23)35-7-9-36-10-8-35/h1-2,11-13,30H,3-10,14-15H2. The van der Waals surface area contributed by atoms with Gasteiger partial charge in [0.1, 0.15) is 5.82 Å². The maximum absolute atomic E-state index is 14.4. The summed E-state index contributed by atoms with van der Waals surface area (Å²) < 4.78 is 59.2. The Hall–Kier alpha value is -2.80. The van der Waals surface area contributed by atoms with Crippen molar-refractivity contribution >= 4 is 38.3 Å². The lowest BCUT2D eigenvalue weighted by Crippen LogP contribution is -2.48. The third kappa shape index (κ3) is 5.28. The normalized spacial score (nSPS) is 18.3. The van der Waals surface area contributed by atoms with Gasteiger partial charge < -0.3 is 14.6 Å². The van der Waals surface area contributed by atoms with E-state index < -0.39 is 12.7 Å². The summed E-state index contributed by atoms with van der Waals surface area (Å²) in [7, 11) is 0. The number of hydrogen-bond acceptors (Lipinski definition) is 7. The number of nitrogens with one attached hydrogen (secondary N) is 1. The van der Waals surface area contributed by atoms with Crippen LogP contribution in [0.25, 0.3) is 32.5 Å². The van der Waals surface area contributed by atoms with Gasteiger partial charge in [-0.1, -0.05) is 0 Å². The van der Waals surface area contributed by atoms with Crippen molar-refractivity contribution in [1.29, 1.82) is 0 Å². The highest BCUT2D eigenvalue weighted by atomic mass is 32.1. The number of rotatable bonds is 5. The molecular formula is C25H26F4N6OS. The van der Waals surface area contributed by atoms with Crippen LogP contribution in [0.1, 0.15) is 4.88 Å². The van der Waals surface area contributed by atoms with Gasteiger partial charge in [0.2, 0.25) is 0 Å². The summed E-state index contributed by atoms with van der Waals surface area (Å²) in [6.45, 7) is 4.30. The van der Waals surface area contributed by atoms with Crippen LogP contribution in [0.5, 0.6) is 0 Å². The van der Waals surface area contributed by atoms with E-state index in [0.717, 1.165) is 26.3 Å². The zero-order chi connectivity index (χ0) is 25.6. The number of benzene rings is 1. The van der Waals surface area contributed by atoms with Crippen molar-refractivity contribution < 1.29 is 22.3 Å². The molecule has 0 amide bonds.